The summed E-state index contributed by atoms with van der Waals surface area (Å²) in [7, 11) is 0. The van der Waals surface area contributed by atoms with Crippen LogP contribution in [0.15, 0.2) is 42.5 Å². The van der Waals surface area contributed by atoms with Crippen molar-refractivity contribution in [2.75, 3.05) is 0 Å². The van der Waals surface area contributed by atoms with E-state index < -0.39 is 0 Å². The first kappa shape index (κ1) is 11.3. The SMILES string of the molecule is Cc1ccc(Oc2cccc(Cl)c2)cc1Cl. The fraction of sp³-hybridized carbons (Fsp3) is 0.0769. The Kier molecular flexibility index (Phi) is 3.37. The third kappa shape index (κ3) is 2.69. The Hall–Kier alpha value is -1.18. The smallest absolute Gasteiger partial charge is 0.128 e. The summed E-state index contributed by atoms with van der Waals surface area (Å²) in [5.74, 6) is 1.41. The van der Waals surface area contributed by atoms with Gasteiger partial charge in [0.05, 0.1) is 0 Å². The zero-order valence-corrected chi connectivity index (χ0v) is 10.2. The summed E-state index contributed by atoms with van der Waals surface area (Å²) in [5, 5.41) is 1.34. The lowest BCUT2D eigenvalue weighted by Crippen LogP contribution is -1.84. The van der Waals surface area contributed by atoms with Crippen molar-refractivity contribution in [2.24, 2.45) is 0 Å². The molecule has 16 heavy (non-hydrogen) atoms. The van der Waals surface area contributed by atoms with E-state index in [2.05, 4.69) is 0 Å². The molecule has 0 aliphatic rings. The van der Waals surface area contributed by atoms with E-state index in [0.717, 1.165) is 5.56 Å². The zero-order chi connectivity index (χ0) is 11.5. The van der Waals surface area contributed by atoms with Gasteiger partial charge in [-0.05, 0) is 42.8 Å². The van der Waals surface area contributed by atoms with E-state index in [1.165, 1.54) is 0 Å². The molecule has 0 unspecified atom stereocenters. The molecule has 0 spiro atoms. The van der Waals surface area contributed by atoms with Gasteiger partial charge in [0.25, 0.3) is 0 Å². The van der Waals surface area contributed by atoms with E-state index in [9.17, 15) is 0 Å². The zero-order valence-electron chi connectivity index (χ0n) is 8.71. The highest BCUT2D eigenvalue weighted by molar-refractivity contribution is 6.31. The van der Waals surface area contributed by atoms with Crippen LogP contribution >= 0.6 is 23.2 Å². The monoisotopic (exact) mass is 252 g/mol. The molecule has 0 atom stereocenters. The van der Waals surface area contributed by atoms with Crippen molar-refractivity contribution in [3.8, 4) is 11.5 Å². The van der Waals surface area contributed by atoms with Crippen molar-refractivity contribution in [1.82, 2.24) is 0 Å². The molecule has 0 fully saturated rings. The van der Waals surface area contributed by atoms with Crippen molar-refractivity contribution >= 4 is 23.2 Å². The summed E-state index contributed by atoms with van der Waals surface area (Å²) in [4.78, 5) is 0. The van der Waals surface area contributed by atoms with Crippen LogP contribution in [0, 0.1) is 6.92 Å². The molecule has 0 N–H and O–H groups in total. The van der Waals surface area contributed by atoms with Crippen molar-refractivity contribution in [3.05, 3.63) is 58.1 Å². The van der Waals surface area contributed by atoms with Gasteiger partial charge in [-0.15, -0.1) is 0 Å². The average Bonchev–Trinajstić information content (AvgIpc) is 2.24. The van der Waals surface area contributed by atoms with Gasteiger partial charge in [0, 0.05) is 10.0 Å². The second-order valence-corrected chi connectivity index (χ2v) is 4.31. The van der Waals surface area contributed by atoms with Gasteiger partial charge in [-0.25, -0.2) is 0 Å². The third-order valence-corrected chi connectivity index (χ3v) is 2.82. The molecule has 2 aromatic carbocycles. The maximum absolute atomic E-state index is 6.01. The quantitative estimate of drug-likeness (QED) is 0.723. The molecule has 2 rings (SSSR count). The van der Waals surface area contributed by atoms with Gasteiger partial charge in [0.1, 0.15) is 11.5 Å². The molecular formula is C13H10Cl2O. The Balaban J connectivity index is 2.24. The number of rotatable bonds is 2. The van der Waals surface area contributed by atoms with Gasteiger partial charge >= 0.3 is 0 Å². The van der Waals surface area contributed by atoms with Gasteiger partial charge in [-0.3, -0.25) is 0 Å². The Morgan fingerprint density at radius 1 is 0.938 bits per heavy atom. The predicted octanol–water partition coefficient (Wildman–Crippen LogP) is 5.09. The number of halogens is 2. The molecule has 0 aliphatic heterocycles. The van der Waals surface area contributed by atoms with Crippen molar-refractivity contribution in [3.63, 3.8) is 0 Å². The molecule has 0 amide bonds. The third-order valence-electron chi connectivity index (χ3n) is 2.18. The number of benzene rings is 2. The summed E-state index contributed by atoms with van der Waals surface area (Å²) >= 11 is 11.9. The molecule has 0 aromatic heterocycles. The fourth-order valence-electron chi connectivity index (χ4n) is 1.30. The highest BCUT2D eigenvalue weighted by Crippen LogP contribution is 2.27. The molecule has 3 heteroatoms. The summed E-state index contributed by atoms with van der Waals surface area (Å²) in [5.41, 5.74) is 1.03. The van der Waals surface area contributed by atoms with E-state index in [1.807, 2.05) is 31.2 Å². The van der Waals surface area contributed by atoms with Crippen LogP contribution in [0.3, 0.4) is 0 Å². The van der Waals surface area contributed by atoms with Gasteiger partial charge in [-0.1, -0.05) is 35.3 Å². The van der Waals surface area contributed by atoms with Crippen LogP contribution < -0.4 is 4.74 Å². The highest BCUT2D eigenvalue weighted by Gasteiger charge is 2.01. The lowest BCUT2D eigenvalue weighted by Gasteiger charge is -2.07. The predicted molar refractivity (Wildman–Crippen MR) is 67.7 cm³/mol. The van der Waals surface area contributed by atoms with Crippen LogP contribution in [0.1, 0.15) is 5.56 Å². The molecule has 82 valence electrons. The fourth-order valence-corrected chi connectivity index (χ4v) is 1.65. The first-order valence-corrected chi connectivity index (χ1v) is 5.60. The average molecular weight is 253 g/mol. The minimum absolute atomic E-state index is 0.649. The van der Waals surface area contributed by atoms with Crippen molar-refractivity contribution < 1.29 is 4.74 Å². The minimum Gasteiger partial charge on any atom is -0.457 e. The summed E-state index contributed by atoms with van der Waals surface area (Å²) in [6.07, 6.45) is 0. The van der Waals surface area contributed by atoms with E-state index in [-0.39, 0.29) is 0 Å². The van der Waals surface area contributed by atoms with E-state index in [4.69, 9.17) is 27.9 Å². The van der Waals surface area contributed by atoms with Gasteiger partial charge in [-0.2, -0.15) is 0 Å². The number of hydrogen-bond acceptors (Lipinski definition) is 1. The van der Waals surface area contributed by atoms with Crippen LogP contribution in [0.25, 0.3) is 0 Å². The van der Waals surface area contributed by atoms with Crippen molar-refractivity contribution in [2.45, 2.75) is 6.92 Å². The van der Waals surface area contributed by atoms with Gasteiger partial charge in [0.15, 0.2) is 0 Å². The molecule has 0 bridgehead atoms. The van der Waals surface area contributed by atoms with Crippen LogP contribution in [-0.2, 0) is 0 Å². The van der Waals surface area contributed by atoms with Crippen LogP contribution in [-0.4, -0.2) is 0 Å². The second-order valence-electron chi connectivity index (χ2n) is 3.47. The second kappa shape index (κ2) is 4.77. The minimum atomic E-state index is 0.649. The van der Waals surface area contributed by atoms with Crippen LogP contribution in [0.5, 0.6) is 11.5 Å². The molecule has 2 aromatic rings. The first-order valence-electron chi connectivity index (χ1n) is 4.85. The largest absolute Gasteiger partial charge is 0.457 e. The van der Waals surface area contributed by atoms with Crippen LogP contribution in [0.4, 0.5) is 0 Å². The molecule has 0 saturated heterocycles. The lowest BCUT2D eigenvalue weighted by atomic mass is 10.2. The molecule has 1 nitrogen and oxygen atoms in total. The number of hydrogen-bond donors (Lipinski definition) is 0. The summed E-state index contributed by atoms with van der Waals surface area (Å²) in [6, 6.07) is 12.8. The standard InChI is InChI=1S/C13H10Cl2O/c1-9-5-6-12(8-13(9)15)16-11-4-2-3-10(14)7-11/h2-8H,1H3. The molecule has 0 aliphatic carbocycles. The summed E-state index contributed by atoms with van der Waals surface area (Å²) in [6.45, 7) is 1.95. The van der Waals surface area contributed by atoms with E-state index >= 15 is 0 Å². The normalized spacial score (nSPS) is 10.2. The number of aryl methyl sites for hydroxylation is 1. The Labute approximate surface area is 105 Å². The van der Waals surface area contributed by atoms with Gasteiger partial charge < -0.3 is 4.74 Å². The Morgan fingerprint density at radius 2 is 1.69 bits per heavy atom. The van der Waals surface area contributed by atoms with E-state index in [1.54, 1.807) is 18.2 Å². The molecule has 0 heterocycles. The maximum Gasteiger partial charge on any atom is 0.128 e. The van der Waals surface area contributed by atoms with Crippen molar-refractivity contribution in [1.29, 1.82) is 0 Å². The highest BCUT2D eigenvalue weighted by atomic mass is 35.5. The first-order chi connectivity index (χ1) is 7.65. The lowest BCUT2D eigenvalue weighted by molar-refractivity contribution is 0.482. The maximum atomic E-state index is 6.01. The molecule has 0 radical (unpaired) electrons. The Bertz CT molecular complexity index is 509. The molecule has 0 saturated carbocycles. The topological polar surface area (TPSA) is 9.23 Å². The number of ether oxygens (including phenoxy) is 1. The Morgan fingerprint density at radius 3 is 2.38 bits per heavy atom. The molecular weight excluding hydrogens is 243 g/mol. The summed E-state index contributed by atoms with van der Waals surface area (Å²) < 4.78 is 5.63. The van der Waals surface area contributed by atoms with E-state index in [0.29, 0.717) is 21.5 Å². The van der Waals surface area contributed by atoms with Gasteiger partial charge in [0.2, 0.25) is 0 Å². The van der Waals surface area contributed by atoms with Crippen LogP contribution in [0.2, 0.25) is 10.0 Å².